The number of aromatic nitrogens is 1. The van der Waals surface area contributed by atoms with E-state index in [4.69, 9.17) is 10.5 Å². The Morgan fingerprint density at radius 3 is 2.77 bits per heavy atom. The van der Waals surface area contributed by atoms with E-state index in [1.54, 1.807) is 13.3 Å². The van der Waals surface area contributed by atoms with Gasteiger partial charge in [0.05, 0.1) is 18.3 Å². The van der Waals surface area contributed by atoms with E-state index < -0.39 is 11.5 Å². The summed E-state index contributed by atoms with van der Waals surface area (Å²) in [6.07, 6.45) is 3.24. The van der Waals surface area contributed by atoms with Gasteiger partial charge in [-0.3, -0.25) is 9.20 Å². The molecule has 3 rings (SSSR count). The molecule has 26 heavy (non-hydrogen) atoms. The average Bonchev–Trinajstić information content (AvgIpc) is 3.11. The summed E-state index contributed by atoms with van der Waals surface area (Å²) in [7, 11) is 1.58. The number of carboxylic acids is 1. The largest absolute Gasteiger partial charge is 0.492 e. The maximum atomic E-state index is 12.6. The quantitative estimate of drug-likeness (QED) is 0.844. The number of nitrogens with zero attached hydrogens (tertiary/aromatic N) is 2. The molecule has 1 saturated heterocycles. The third-order valence-corrected chi connectivity index (χ3v) is 5.27. The van der Waals surface area contributed by atoms with Gasteiger partial charge in [0.2, 0.25) is 0 Å². The second kappa shape index (κ2) is 6.99. The van der Waals surface area contributed by atoms with Crippen LogP contribution in [0.2, 0.25) is 0 Å². The van der Waals surface area contributed by atoms with Crippen molar-refractivity contribution < 1.29 is 14.6 Å². The highest BCUT2D eigenvalue weighted by molar-refractivity contribution is 5.89. The molecule has 0 aromatic carbocycles. The Bertz CT molecular complexity index is 904. The lowest BCUT2D eigenvalue weighted by Gasteiger charge is -2.24. The van der Waals surface area contributed by atoms with Gasteiger partial charge in [0.1, 0.15) is 5.56 Å². The molecule has 0 spiro atoms. The fourth-order valence-corrected chi connectivity index (χ4v) is 3.74. The van der Waals surface area contributed by atoms with Crippen LogP contribution in [0.3, 0.4) is 0 Å². The Morgan fingerprint density at radius 2 is 2.23 bits per heavy atom. The van der Waals surface area contributed by atoms with Crippen LogP contribution in [0.25, 0.3) is 5.52 Å². The zero-order valence-electron chi connectivity index (χ0n) is 15.4. The molecule has 1 aliphatic rings. The van der Waals surface area contributed by atoms with Crippen LogP contribution in [-0.2, 0) is 6.42 Å². The van der Waals surface area contributed by atoms with Crippen LogP contribution in [0.15, 0.2) is 23.1 Å². The van der Waals surface area contributed by atoms with Gasteiger partial charge in [-0.2, -0.15) is 0 Å². The fourth-order valence-electron chi connectivity index (χ4n) is 3.74. The lowest BCUT2D eigenvalue weighted by atomic mass is 10.0. The first-order chi connectivity index (χ1) is 12.4. The molecule has 0 amide bonds. The number of nitrogens with two attached hydrogens (primary N) is 1. The summed E-state index contributed by atoms with van der Waals surface area (Å²) < 4.78 is 7.06. The minimum absolute atomic E-state index is 0.124. The van der Waals surface area contributed by atoms with Crippen molar-refractivity contribution in [1.29, 1.82) is 0 Å². The van der Waals surface area contributed by atoms with Crippen LogP contribution in [0.4, 0.5) is 5.69 Å². The van der Waals surface area contributed by atoms with Crippen LogP contribution in [-0.4, -0.2) is 41.7 Å². The Kier molecular flexibility index (Phi) is 4.91. The molecular formula is C19H25N3O4. The minimum atomic E-state index is -1.22. The molecule has 2 aromatic rings. The second-order valence-electron chi connectivity index (χ2n) is 6.85. The third kappa shape index (κ3) is 2.92. The third-order valence-electron chi connectivity index (χ3n) is 5.27. The SMILES string of the molecule is CCc1cc(C(=O)O)c(=O)n2ccc(N3CC[C@@H]([C@H](C)N)C3)c(OC)c12. The van der Waals surface area contributed by atoms with Gasteiger partial charge in [0.25, 0.3) is 5.56 Å². The van der Waals surface area contributed by atoms with Crippen molar-refractivity contribution >= 4 is 17.2 Å². The van der Waals surface area contributed by atoms with Crippen molar-refractivity contribution in [2.75, 3.05) is 25.1 Å². The molecule has 3 heterocycles. The molecule has 7 nitrogen and oxygen atoms in total. The summed E-state index contributed by atoms with van der Waals surface area (Å²) in [5.74, 6) is -0.205. The maximum absolute atomic E-state index is 12.6. The van der Waals surface area contributed by atoms with Gasteiger partial charge in [-0.05, 0) is 43.4 Å². The lowest BCUT2D eigenvalue weighted by molar-refractivity contribution is 0.0694. The lowest BCUT2D eigenvalue weighted by Crippen LogP contribution is -2.30. The molecule has 1 fully saturated rings. The zero-order valence-corrected chi connectivity index (χ0v) is 15.4. The van der Waals surface area contributed by atoms with Crippen LogP contribution >= 0.6 is 0 Å². The summed E-state index contributed by atoms with van der Waals surface area (Å²) in [5, 5.41) is 9.32. The number of methoxy groups -OCH3 is 1. The van der Waals surface area contributed by atoms with E-state index in [1.165, 1.54) is 10.5 Å². The maximum Gasteiger partial charge on any atom is 0.341 e. The standard InChI is InChI=1S/C19H25N3O4/c1-4-12-9-14(19(24)25)18(23)22-8-6-15(17(26-3)16(12)22)21-7-5-13(10-21)11(2)20/h6,8-9,11,13H,4-5,7,10,20H2,1-3H3,(H,24,25)/t11-,13+/m0/s1. The van der Waals surface area contributed by atoms with E-state index in [0.717, 1.165) is 30.8 Å². The average molecular weight is 359 g/mol. The number of aromatic carboxylic acids is 1. The first-order valence-electron chi connectivity index (χ1n) is 8.88. The van der Waals surface area contributed by atoms with Gasteiger partial charge < -0.3 is 20.5 Å². The number of rotatable bonds is 5. The monoisotopic (exact) mass is 359 g/mol. The van der Waals surface area contributed by atoms with E-state index in [-0.39, 0.29) is 11.6 Å². The molecule has 0 bridgehead atoms. The Hall–Kier alpha value is -2.54. The number of fused-ring (bicyclic) bond motifs is 1. The number of hydrogen-bond acceptors (Lipinski definition) is 5. The summed E-state index contributed by atoms with van der Waals surface area (Å²) in [4.78, 5) is 26.2. The highest BCUT2D eigenvalue weighted by Crippen LogP contribution is 2.37. The number of carboxylic acid groups (broad SMARTS) is 1. The van der Waals surface area contributed by atoms with Gasteiger partial charge in [-0.25, -0.2) is 4.79 Å². The number of anilines is 1. The van der Waals surface area contributed by atoms with Crippen molar-refractivity contribution in [3.8, 4) is 5.75 Å². The second-order valence-corrected chi connectivity index (χ2v) is 6.85. The molecule has 3 N–H and O–H groups in total. The summed E-state index contributed by atoms with van der Waals surface area (Å²) in [6.45, 7) is 5.66. The van der Waals surface area contributed by atoms with Crippen LogP contribution in [0.1, 0.15) is 36.2 Å². The summed E-state index contributed by atoms with van der Waals surface area (Å²) in [5.41, 5.74) is 7.58. The van der Waals surface area contributed by atoms with Crippen molar-refractivity contribution in [1.82, 2.24) is 4.40 Å². The van der Waals surface area contributed by atoms with Gasteiger partial charge in [-0.15, -0.1) is 0 Å². The van der Waals surface area contributed by atoms with Crippen molar-refractivity contribution in [3.05, 3.63) is 39.8 Å². The highest BCUT2D eigenvalue weighted by atomic mass is 16.5. The smallest absolute Gasteiger partial charge is 0.341 e. The fraction of sp³-hybridized carbons (Fsp3) is 0.474. The highest BCUT2D eigenvalue weighted by Gasteiger charge is 2.28. The molecular weight excluding hydrogens is 334 g/mol. The molecule has 2 aromatic heterocycles. The van der Waals surface area contributed by atoms with Crippen LogP contribution < -0.4 is 20.9 Å². The molecule has 140 valence electrons. The normalized spacial score (nSPS) is 18.3. The number of carbonyl (C=O) groups is 1. The molecule has 7 heteroatoms. The minimum Gasteiger partial charge on any atom is -0.492 e. The zero-order chi connectivity index (χ0) is 19.0. The van der Waals surface area contributed by atoms with Crippen molar-refractivity contribution in [2.24, 2.45) is 11.7 Å². The number of aryl methyl sites for hydroxylation is 1. The van der Waals surface area contributed by atoms with Gasteiger partial charge in [0.15, 0.2) is 5.75 Å². The first kappa shape index (κ1) is 18.3. The van der Waals surface area contributed by atoms with E-state index >= 15 is 0 Å². The molecule has 0 unspecified atom stereocenters. The van der Waals surface area contributed by atoms with Crippen LogP contribution in [0.5, 0.6) is 5.75 Å². The van der Waals surface area contributed by atoms with E-state index in [9.17, 15) is 14.7 Å². The first-order valence-corrected chi connectivity index (χ1v) is 8.88. The Balaban J connectivity index is 2.21. The van der Waals surface area contributed by atoms with Crippen molar-refractivity contribution in [2.45, 2.75) is 32.7 Å². The predicted molar refractivity (Wildman–Crippen MR) is 101 cm³/mol. The molecule has 1 aliphatic heterocycles. The van der Waals surface area contributed by atoms with Gasteiger partial charge in [-0.1, -0.05) is 6.92 Å². The molecule has 0 aliphatic carbocycles. The van der Waals surface area contributed by atoms with Crippen molar-refractivity contribution in [3.63, 3.8) is 0 Å². The van der Waals surface area contributed by atoms with Gasteiger partial charge >= 0.3 is 5.97 Å². The summed E-state index contributed by atoms with van der Waals surface area (Å²) in [6, 6.07) is 3.40. The number of pyridine rings is 2. The topological polar surface area (TPSA) is 97.3 Å². The molecule has 0 radical (unpaired) electrons. The molecule has 0 saturated carbocycles. The van der Waals surface area contributed by atoms with E-state index in [0.29, 0.717) is 23.6 Å². The van der Waals surface area contributed by atoms with E-state index in [1.807, 2.05) is 19.9 Å². The number of hydrogen-bond donors (Lipinski definition) is 2. The Labute approximate surface area is 152 Å². The molecule has 2 atom stereocenters. The van der Waals surface area contributed by atoms with E-state index in [2.05, 4.69) is 4.90 Å². The summed E-state index contributed by atoms with van der Waals surface area (Å²) >= 11 is 0. The van der Waals surface area contributed by atoms with Crippen LogP contribution in [0, 0.1) is 5.92 Å². The predicted octanol–water partition coefficient (Wildman–Crippen LogP) is 1.74. The Morgan fingerprint density at radius 1 is 1.50 bits per heavy atom. The van der Waals surface area contributed by atoms with Gasteiger partial charge in [0, 0.05) is 25.3 Å². The number of ether oxygens (including phenoxy) is 1.